The van der Waals surface area contributed by atoms with Crippen molar-refractivity contribution in [2.24, 2.45) is 5.92 Å². The maximum atomic E-state index is 13.0. The molecule has 29 heavy (non-hydrogen) atoms. The Hall–Kier alpha value is -1.52. The number of methoxy groups -OCH3 is 1. The summed E-state index contributed by atoms with van der Waals surface area (Å²) >= 11 is 0. The summed E-state index contributed by atoms with van der Waals surface area (Å²) in [6.45, 7) is 6.30. The van der Waals surface area contributed by atoms with Crippen molar-refractivity contribution in [1.29, 1.82) is 0 Å². The molecule has 0 aliphatic carbocycles. The molecule has 8 nitrogen and oxygen atoms in total. The van der Waals surface area contributed by atoms with Crippen LogP contribution in [-0.2, 0) is 19.5 Å². The Morgan fingerprint density at radius 3 is 2.83 bits per heavy atom. The molecule has 3 rings (SSSR count). The summed E-state index contributed by atoms with van der Waals surface area (Å²) in [7, 11) is -2.16. The highest BCUT2D eigenvalue weighted by Gasteiger charge is 2.27. The van der Waals surface area contributed by atoms with Crippen LogP contribution in [0, 0.1) is 5.92 Å². The number of carbonyl (C=O) groups is 1. The van der Waals surface area contributed by atoms with Crippen molar-refractivity contribution in [2.45, 2.75) is 17.7 Å². The number of nitrogens with zero attached hydrogens (tertiary/aromatic N) is 2. The highest BCUT2D eigenvalue weighted by atomic mass is 32.2. The number of sulfonamides is 1. The van der Waals surface area contributed by atoms with Gasteiger partial charge in [-0.15, -0.1) is 0 Å². The molecule has 2 aliphatic heterocycles. The Labute approximate surface area is 173 Å². The van der Waals surface area contributed by atoms with E-state index in [4.69, 9.17) is 9.47 Å². The molecule has 162 valence electrons. The van der Waals surface area contributed by atoms with Crippen molar-refractivity contribution >= 4 is 15.9 Å². The topological polar surface area (TPSA) is 88.2 Å². The molecule has 0 saturated carbocycles. The van der Waals surface area contributed by atoms with E-state index in [0.717, 1.165) is 45.7 Å². The summed E-state index contributed by atoms with van der Waals surface area (Å²) in [4.78, 5) is 17.4. The van der Waals surface area contributed by atoms with Gasteiger partial charge in [-0.3, -0.25) is 9.69 Å². The Morgan fingerprint density at radius 1 is 1.28 bits per heavy atom. The standard InChI is InChI=1S/C20H31N3O5S/c1-27-11-7-21-29(25,26)19-6-2-5-18(14-19)20(24)23-8-3-4-17(16-23)15-22-9-12-28-13-10-22/h2,5-6,14,17,21H,3-4,7-13,15-16H2,1H3/t17-/m1/s1. The average molecular weight is 426 g/mol. The Morgan fingerprint density at radius 2 is 2.07 bits per heavy atom. The van der Waals surface area contributed by atoms with Crippen LogP contribution in [0.15, 0.2) is 29.2 Å². The third-order valence-corrected chi connectivity index (χ3v) is 6.87. The lowest BCUT2D eigenvalue weighted by molar-refractivity contribution is 0.0224. The van der Waals surface area contributed by atoms with Crippen LogP contribution in [-0.4, -0.2) is 90.3 Å². The lowest BCUT2D eigenvalue weighted by Crippen LogP contribution is -2.46. The number of piperidine rings is 1. The number of likely N-dealkylation sites (tertiary alicyclic amines) is 1. The van der Waals surface area contributed by atoms with Crippen LogP contribution in [0.25, 0.3) is 0 Å². The van der Waals surface area contributed by atoms with Gasteiger partial charge in [-0.1, -0.05) is 6.07 Å². The first-order valence-electron chi connectivity index (χ1n) is 10.2. The lowest BCUT2D eigenvalue weighted by Gasteiger charge is -2.36. The van der Waals surface area contributed by atoms with E-state index < -0.39 is 10.0 Å². The quantitative estimate of drug-likeness (QED) is 0.620. The molecule has 1 N–H and O–H groups in total. The second-order valence-electron chi connectivity index (χ2n) is 7.59. The Kier molecular flexibility index (Phi) is 8.02. The smallest absolute Gasteiger partial charge is 0.253 e. The zero-order valence-electron chi connectivity index (χ0n) is 17.0. The van der Waals surface area contributed by atoms with Gasteiger partial charge in [0.05, 0.1) is 24.7 Å². The molecule has 2 saturated heterocycles. The van der Waals surface area contributed by atoms with Crippen LogP contribution < -0.4 is 4.72 Å². The van der Waals surface area contributed by atoms with Gasteiger partial charge in [0, 0.05) is 51.9 Å². The van der Waals surface area contributed by atoms with E-state index in [1.165, 1.54) is 19.2 Å². The first-order chi connectivity index (χ1) is 14.0. The van der Waals surface area contributed by atoms with E-state index in [1.807, 2.05) is 4.90 Å². The van der Waals surface area contributed by atoms with Crippen molar-refractivity contribution in [3.8, 4) is 0 Å². The molecule has 1 aromatic carbocycles. The summed E-state index contributed by atoms with van der Waals surface area (Å²) < 4.78 is 37.6. The van der Waals surface area contributed by atoms with Gasteiger partial charge in [-0.25, -0.2) is 13.1 Å². The second kappa shape index (κ2) is 10.5. The zero-order chi connectivity index (χ0) is 20.7. The average Bonchev–Trinajstić information content (AvgIpc) is 2.74. The van der Waals surface area contributed by atoms with E-state index >= 15 is 0 Å². The molecule has 2 fully saturated rings. The van der Waals surface area contributed by atoms with Crippen LogP contribution in [0.1, 0.15) is 23.2 Å². The molecule has 2 aliphatic rings. The van der Waals surface area contributed by atoms with Gasteiger partial charge in [0.2, 0.25) is 10.0 Å². The van der Waals surface area contributed by atoms with E-state index in [1.54, 1.807) is 12.1 Å². The first-order valence-corrected chi connectivity index (χ1v) is 11.7. The van der Waals surface area contributed by atoms with Gasteiger partial charge >= 0.3 is 0 Å². The highest BCUT2D eigenvalue weighted by Crippen LogP contribution is 2.21. The molecule has 0 aromatic heterocycles. The van der Waals surface area contributed by atoms with E-state index in [2.05, 4.69) is 9.62 Å². The Bertz CT molecular complexity index is 780. The fraction of sp³-hybridized carbons (Fsp3) is 0.650. The van der Waals surface area contributed by atoms with E-state index in [0.29, 0.717) is 24.6 Å². The van der Waals surface area contributed by atoms with Crippen molar-refractivity contribution in [1.82, 2.24) is 14.5 Å². The maximum Gasteiger partial charge on any atom is 0.253 e. The van der Waals surface area contributed by atoms with Crippen molar-refractivity contribution < 1.29 is 22.7 Å². The summed E-state index contributed by atoms with van der Waals surface area (Å²) in [6, 6.07) is 6.27. The van der Waals surface area contributed by atoms with Crippen LogP contribution in [0.5, 0.6) is 0 Å². The van der Waals surface area contributed by atoms with E-state index in [-0.39, 0.29) is 24.0 Å². The first kappa shape index (κ1) is 22.2. The number of benzene rings is 1. The number of hydrogen-bond donors (Lipinski definition) is 1. The van der Waals surface area contributed by atoms with Gasteiger partial charge < -0.3 is 14.4 Å². The van der Waals surface area contributed by atoms with Gasteiger partial charge in [-0.05, 0) is 37.0 Å². The third-order valence-electron chi connectivity index (χ3n) is 5.42. The molecule has 2 heterocycles. The fourth-order valence-corrected chi connectivity index (χ4v) is 4.95. The number of amides is 1. The molecule has 0 unspecified atom stereocenters. The van der Waals surface area contributed by atoms with Crippen molar-refractivity contribution in [3.63, 3.8) is 0 Å². The predicted octanol–water partition coefficient (Wildman–Crippen LogP) is 0.796. The van der Waals surface area contributed by atoms with Crippen LogP contribution >= 0.6 is 0 Å². The number of morpholine rings is 1. The molecular weight excluding hydrogens is 394 g/mol. The molecule has 9 heteroatoms. The van der Waals surface area contributed by atoms with Crippen molar-refractivity contribution in [2.75, 3.05) is 66.2 Å². The minimum atomic E-state index is -3.67. The molecule has 1 amide bonds. The van der Waals surface area contributed by atoms with Crippen LogP contribution in [0.4, 0.5) is 0 Å². The molecule has 1 aromatic rings. The number of hydrogen-bond acceptors (Lipinski definition) is 6. The zero-order valence-corrected chi connectivity index (χ0v) is 17.8. The van der Waals surface area contributed by atoms with Gasteiger partial charge in [-0.2, -0.15) is 0 Å². The molecule has 1 atom stereocenters. The lowest BCUT2D eigenvalue weighted by atomic mass is 9.96. The van der Waals surface area contributed by atoms with Crippen molar-refractivity contribution in [3.05, 3.63) is 29.8 Å². The summed E-state index contributed by atoms with van der Waals surface area (Å²) in [5, 5.41) is 0. The Balaban J connectivity index is 1.63. The number of rotatable bonds is 8. The monoisotopic (exact) mass is 425 g/mol. The van der Waals surface area contributed by atoms with Crippen LogP contribution in [0.2, 0.25) is 0 Å². The normalized spacial score (nSPS) is 21.3. The van der Waals surface area contributed by atoms with E-state index in [9.17, 15) is 13.2 Å². The van der Waals surface area contributed by atoms with Gasteiger partial charge in [0.25, 0.3) is 5.91 Å². The molecule has 0 radical (unpaired) electrons. The SMILES string of the molecule is COCCNS(=O)(=O)c1cccc(C(=O)N2CCC[C@H](CN3CCOCC3)C2)c1. The van der Waals surface area contributed by atoms with Gasteiger partial charge in [0.15, 0.2) is 0 Å². The number of ether oxygens (including phenoxy) is 2. The molecule has 0 bridgehead atoms. The summed E-state index contributed by atoms with van der Waals surface area (Å²) in [5.74, 6) is 0.332. The maximum absolute atomic E-state index is 13.0. The minimum absolute atomic E-state index is 0.0985. The largest absolute Gasteiger partial charge is 0.383 e. The molecular formula is C20H31N3O5S. The number of carbonyl (C=O) groups excluding carboxylic acids is 1. The third kappa shape index (κ3) is 6.23. The number of nitrogens with one attached hydrogen (secondary N) is 1. The minimum Gasteiger partial charge on any atom is -0.383 e. The van der Waals surface area contributed by atoms with Gasteiger partial charge in [0.1, 0.15) is 0 Å². The summed E-state index contributed by atoms with van der Waals surface area (Å²) in [5.41, 5.74) is 0.409. The fourth-order valence-electron chi connectivity index (χ4n) is 3.89. The highest BCUT2D eigenvalue weighted by molar-refractivity contribution is 7.89. The second-order valence-corrected chi connectivity index (χ2v) is 9.36. The predicted molar refractivity (Wildman–Crippen MR) is 109 cm³/mol. The summed E-state index contributed by atoms with van der Waals surface area (Å²) in [6.07, 6.45) is 2.08. The van der Waals surface area contributed by atoms with Crippen LogP contribution in [0.3, 0.4) is 0 Å². The molecule has 0 spiro atoms.